The first-order valence-electron chi connectivity index (χ1n) is 7.39. The van der Waals surface area contributed by atoms with Crippen molar-refractivity contribution in [2.24, 2.45) is 5.92 Å². The molecular formula is C14H26F3NO. The number of rotatable bonds is 8. The molecule has 1 fully saturated rings. The SMILES string of the molecule is CCCNC1CCCC(CCCOCC(F)(F)F)C1. The Labute approximate surface area is 114 Å². The molecule has 0 aromatic heterocycles. The topological polar surface area (TPSA) is 21.3 Å². The predicted molar refractivity (Wildman–Crippen MR) is 70.1 cm³/mol. The largest absolute Gasteiger partial charge is 0.411 e. The first-order chi connectivity index (χ1) is 9.01. The molecule has 0 bridgehead atoms. The van der Waals surface area contributed by atoms with Crippen LogP contribution in [0.3, 0.4) is 0 Å². The highest BCUT2D eigenvalue weighted by Gasteiger charge is 2.27. The van der Waals surface area contributed by atoms with Gasteiger partial charge in [-0.2, -0.15) is 13.2 Å². The summed E-state index contributed by atoms with van der Waals surface area (Å²) in [5.41, 5.74) is 0. The summed E-state index contributed by atoms with van der Waals surface area (Å²) in [6.45, 7) is 2.33. The highest BCUT2D eigenvalue weighted by Crippen LogP contribution is 2.28. The van der Waals surface area contributed by atoms with Gasteiger partial charge < -0.3 is 10.1 Å². The average molecular weight is 281 g/mol. The fourth-order valence-electron chi connectivity index (χ4n) is 2.75. The number of nitrogens with one attached hydrogen (secondary N) is 1. The molecule has 1 N–H and O–H groups in total. The standard InChI is InChI=1S/C14H26F3NO/c1-2-8-18-13-7-3-5-12(10-13)6-4-9-19-11-14(15,16)17/h12-13,18H,2-11H2,1H3. The van der Waals surface area contributed by atoms with Crippen LogP contribution in [0.5, 0.6) is 0 Å². The second-order valence-corrected chi connectivity index (χ2v) is 5.49. The third-order valence-electron chi connectivity index (χ3n) is 3.63. The van der Waals surface area contributed by atoms with Crippen LogP contribution >= 0.6 is 0 Å². The summed E-state index contributed by atoms with van der Waals surface area (Å²) in [4.78, 5) is 0. The van der Waals surface area contributed by atoms with Crippen molar-refractivity contribution >= 4 is 0 Å². The maximum absolute atomic E-state index is 11.9. The van der Waals surface area contributed by atoms with Gasteiger partial charge >= 0.3 is 6.18 Å². The van der Waals surface area contributed by atoms with E-state index in [4.69, 9.17) is 0 Å². The lowest BCUT2D eigenvalue weighted by Crippen LogP contribution is -2.34. The van der Waals surface area contributed by atoms with Gasteiger partial charge in [-0.25, -0.2) is 0 Å². The van der Waals surface area contributed by atoms with Crippen LogP contribution in [0.2, 0.25) is 0 Å². The van der Waals surface area contributed by atoms with Gasteiger partial charge in [0.25, 0.3) is 0 Å². The first kappa shape index (κ1) is 16.8. The zero-order valence-electron chi connectivity index (χ0n) is 11.8. The molecule has 1 aliphatic carbocycles. The summed E-state index contributed by atoms with van der Waals surface area (Å²) in [7, 11) is 0. The smallest absolute Gasteiger partial charge is 0.372 e. The van der Waals surface area contributed by atoms with E-state index in [9.17, 15) is 13.2 Å². The summed E-state index contributed by atoms with van der Waals surface area (Å²) in [5, 5.41) is 3.54. The van der Waals surface area contributed by atoms with E-state index in [1.165, 1.54) is 25.7 Å². The molecule has 0 spiro atoms. The highest BCUT2D eigenvalue weighted by molar-refractivity contribution is 4.77. The quantitative estimate of drug-likeness (QED) is 0.681. The van der Waals surface area contributed by atoms with Crippen molar-refractivity contribution in [3.63, 3.8) is 0 Å². The lowest BCUT2D eigenvalue weighted by Gasteiger charge is -2.30. The average Bonchev–Trinajstić information content (AvgIpc) is 2.35. The maximum atomic E-state index is 11.9. The third-order valence-corrected chi connectivity index (χ3v) is 3.63. The molecule has 114 valence electrons. The molecule has 1 aliphatic rings. The minimum Gasteiger partial charge on any atom is -0.372 e. The maximum Gasteiger partial charge on any atom is 0.411 e. The molecular weight excluding hydrogens is 255 g/mol. The molecule has 1 rings (SSSR count). The van der Waals surface area contributed by atoms with E-state index >= 15 is 0 Å². The first-order valence-corrected chi connectivity index (χ1v) is 7.39. The van der Waals surface area contributed by atoms with Crippen LogP contribution in [-0.4, -0.2) is 32.0 Å². The van der Waals surface area contributed by atoms with Crippen LogP contribution in [0.15, 0.2) is 0 Å². The summed E-state index contributed by atoms with van der Waals surface area (Å²) in [6.07, 6.45) is 3.52. The molecule has 0 aromatic carbocycles. The van der Waals surface area contributed by atoms with Crippen LogP contribution in [0.4, 0.5) is 13.2 Å². The minimum atomic E-state index is -4.19. The Kier molecular flexibility index (Phi) is 7.76. The number of hydrogen-bond acceptors (Lipinski definition) is 2. The Bertz CT molecular complexity index is 233. The molecule has 5 heteroatoms. The molecule has 0 radical (unpaired) electrons. The van der Waals surface area contributed by atoms with Crippen molar-refractivity contribution in [2.45, 2.75) is 64.1 Å². The van der Waals surface area contributed by atoms with Gasteiger partial charge in [0.15, 0.2) is 0 Å². The van der Waals surface area contributed by atoms with Gasteiger partial charge in [-0.3, -0.25) is 0 Å². The zero-order valence-corrected chi connectivity index (χ0v) is 11.8. The number of hydrogen-bond donors (Lipinski definition) is 1. The van der Waals surface area contributed by atoms with E-state index in [0.29, 0.717) is 12.0 Å². The van der Waals surface area contributed by atoms with Crippen LogP contribution in [0.1, 0.15) is 51.9 Å². The normalized spacial score (nSPS) is 24.6. The summed E-state index contributed by atoms with van der Waals surface area (Å²) < 4.78 is 40.3. The van der Waals surface area contributed by atoms with Crippen molar-refractivity contribution in [1.29, 1.82) is 0 Å². The molecule has 0 saturated heterocycles. The van der Waals surface area contributed by atoms with Gasteiger partial charge in [-0.1, -0.05) is 19.8 Å². The molecule has 2 unspecified atom stereocenters. The highest BCUT2D eigenvalue weighted by atomic mass is 19.4. The van der Waals surface area contributed by atoms with Gasteiger partial charge in [0.05, 0.1) is 0 Å². The van der Waals surface area contributed by atoms with Crippen LogP contribution < -0.4 is 5.32 Å². The van der Waals surface area contributed by atoms with E-state index in [0.717, 1.165) is 25.8 Å². The fourth-order valence-corrected chi connectivity index (χ4v) is 2.75. The van der Waals surface area contributed by atoms with E-state index in [1.54, 1.807) is 0 Å². The number of halogens is 3. The lowest BCUT2D eigenvalue weighted by molar-refractivity contribution is -0.174. The van der Waals surface area contributed by atoms with E-state index in [1.807, 2.05) is 0 Å². The van der Waals surface area contributed by atoms with Gasteiger partial charge in [0, 0.05) is 12.6 Å². The Hall–Kier alpha value is -0.290. The number of ether oxygens (including phenoxy) is 1. The van der Waals surface area contributed by atoms with Crippen LogP contribution in [0, 0.1) is 5.92 Å². The fraction of sp³-hybridized carbons (Fsp3) is 1.00. The molecule has 0 aliphatic heterocycles. The van der Waals surface area contributed by atoms with Crippen molar-refractivity contribution in [3.8, 4) is 0 Å². The molecule has 0 aromatic rings. The Morgan fingerprint density at radius 3 is 2.74 bits per heavy atom. The molecule has 19 heavy (non-hydrogen) atoms. The third kappa shape index (κ3) is 8.47. The summed E-state index contributed by atoms with van der Waals surface area (Å²) >= 11 is 0. The predicted octanol–water partition coefficient (Wildman–Crippen LogP) is 3.90. The van der Waals surface area contributed by atoms with Crippen molar-refractivity contribution in [1.82, 2.24) is 5.32 Å². The molecule has 0 heterocycles. The lowest BCUT2D eigenvalue weighted by atomic mass is 9.83. The van der Waals surface area contributed by atoms with Crippen molar-refractivity contribution in [3.05, 3.63) is 0 Å². The molecule has 0 amide bonds. The second kappa shape index (κ2) is 8.80. The van der Waals surface area contributed by atoms with Gasteiger partial charge in [0.1, 0.15) is 6.61 Å². The Morgan fingerprint density at radius 1 is 1.26 bits per heavy atom. The summed E-state index contributed by atoms with van der Waals surface area (Å²) in [5.74, 6) is 0.651. The zero-order chi connectivity index (χ0) is 14.1. The van der Waals surface area contributed by atoms with Crippen molar-refractivity contribution in [2.75, 3.05) is 19.8 Å². The Balaban J connectivity index is 2.05. The van der Waals surface area contributed by atoms with Gasteiger partial charge in [-0.05, 0) is 44.6 Å². The monoisotopic (exact) mass is 281 g/mol. The van der Waals surface area contributed by atoms with Gasteiger partial charge in [0.2, 0.25) is 0 Å². The number of alkyl halides is 3. The minimum absolute atomic E-state index is 0.225. The van der Waals surface area contributed by atoms with Crippen LogP contribution in [0.25, 0.3) is 0 Å². The van der Waals surface area contributed by atoms with E-state index in [2.05, 4.69) is 17.0 Å². The molecule has 2 nitrogen and oxygen atoms in total. The molecule has 2 atom stereocenters. The molecule has 1 saturated carbocycles. The Morgan fingerprint density at radius 2 is 2.05 bits per heavy atom. The summed E-state index contributed by atoms with van der Waals surface area (Å²) in [6, 6.07) is 0.606. The van der Waals surface area contributed by atoms with Crippen LogP contribution in [-0.2, 0) is 4.74 Å². The second-order valence-electron chi connectivity index (χ2n) is 5.49. The van der Waals surface area contributed by atoms with E-state index < -0.39 is 12.8 Å². The van der Waals surface area contributed by atoms with Gasteiger partial charge in [-0.15, -0.1) is 0 Å². The van der Waals surface area contributed by atoms with E-state index in [-0.39, 0.29) is 6.61 Å². The van der Waals surface area contributed by atoms with Crippen molar-refractivity contribution < 1.29 is 17.9 Å².